The molecule has 45 heavy (non-hydrogen) atoms. The van der Waals surface area contributed by atoms with Gasteiger partial charge in [-0.2, -0.15) is 24.3 Å². The van der Waals surface area contributed by atoms with Gasteiger partial charge in [-0.05, 0) is 61.4 Å². The zero-order chi connectivity index (χ0) is 35.9. The SMILES string of the molecule is C[C@H]1C[C-]=C(C2=C[C@H](C)[C@H](C)C[N-]2)CC1.[2H]C([2H])([2H])C1=NC2OC3=C([C@H]4CC=C([C@H]([C@@H](C)S)C([2H])([2H])C(C)(C)C)C[N-]4)[CH-]CCC3C2CC1.[Ir]. The maximum Gasteiger partial charge on any atom is 0.171 e. The van der Waals surface area contributed by atoms with Crippen LogP contribution in [0, 0.1) is 53.4 Å². The van der Waals surface area contributed by atoms with Crippen molar-refractivity contribution >= 4 is 18.3 Å². The number of aliphatic imine (C=N–C) groups is 1. The summed E-state index contributed by atoms with van der Waals surface area (Å²) in [6.45, 7) is 14.0. The van der Waals surface area contributed by atoms with E-state index in [0.29, 0.717) is 24.8 Å². The van der Waals surface area contributed by atoms with Crippen LogP contribution in [0.15, 0.2) is 45.3 Å². The molecule has 0 aromatic rings. The predicted octanol–water partition coefficient (Wildman–Crippen LogP) is 10.6. The fraction of sp³-hybridized carbons (Fsp3) is 0.744. The van der Waals surface area contributed by atoms with Crippen LogP contribution in [-0.2, 0) is 24.8 Å². The molecule has 1 fully saturated rings. The molecular formula is C39H59IrN3OS-4. The molecule has 4 aliphatic heterocycles. The van der Waals surface area contributed by atoms with Gasteiger partial charge < -0.3 is 21.1 Å². The molecule has 1 saturated heterocycles. The van der Waals surface area contributed by atoms with Crippen molar-refractivity contribution in [2.75, 3.05) is 13.1 Å². The van der Waals surface area contributed by atoms with E-state index in [9.17, 15) is 0 Å². The summed E-state index contributed by atoms with van der Waals surface area (Å²) in [4.78, 5) is 4.51. The molecule has 4 nitrogen and oxygen atoms in total. The van der Waals surface area contributed by atoms with Crippen LogP contribution in [0.5, 0.6) is 0 Å². The molecule has 3 unspecified atom stereocenters. The second-order valence-corrected chi connectivity index (χ2v) is 16.0. The molecule has 6 aliphatic rings. The van der Waals surface area contributed by atoms with Crippen molar-refractivity contribution in [2.24, 2.45) is 45.9 Å². The summed E-state index contributed by atoms with van der Waals surface area (Å²) in [5.74, 6) is 3.38. The van der Waals surface area contributed by atoms with Gasteiger partial charge in [0.2, 0.25) is 0 Å². The standard InChI is InChI=1S/C25H38N2OS.C14H21N.Ir/c1-15-9-11-19-18-7-6-8-20(23(18)28-24(19)27-15)22-12-10-17(14-26-22)21(16(2)29)13-25(3,4)5;1-10-4-6-13(7-5-10)14-8-11(2)12(3)9-15-14;/h8,10,16,18-19,21-22,24,29H,6-7,9,11-14H2,1-5H3;8,10-12H,4-6,9H2,1-3H3;/q2*-2;/t16-,18?,19?,21+,22-,24?;10-,11+,12-;/m11./s1/i1D3,13D2;;. The van der Waals surface area contributed by atoms with Crippen LogP contribution in [0.1, 0.15) is 120 Å². The Morgan fingerprint density at radius 3 is 2.64 bits per heavy atom. The molecule has 4 heterocycles. The molecule has 6 heteroatoms. The predicted molar refractivity (Wildman–Crippen MR) is 190 cm³/mol. The molecule has 2 aliphatic carbocycles. The van der Waals surface area contributed by atoms with E-state index in [0.717, 1.165) is 61.5 Å². The van der Waals surface area contributed by atoms with Gasteiger partial charge in [-0.15, -0.1) is 32.0 Å². The second-order valence-electron chi connectivity index (χ2n) is 15.2. The molecule has 0 bridgehead atoms. The number of nitrogens with zero attached hydrogens (tertiary/aromatic N) is 3. The van der Waals surface area contributed by atoms with Gasteiger partial charge in [-0.3, -0.25) is 11.1 Å². The third-order valence-electron chi connectivity index (χ3n) is 10.2. The van der Waals surface area contributed by atoms with Crippen molar-refractivity contribution in [1.29, 1.82) is 0 Å². The summed E-state index contributed by atoms with van der Waals surface area (Å²) in [5.41, 5.74) is 4.56. The van der Waals surface area contributed by atoms with E-state index in [2.05, 4.69) is 68.4 Å². The van der Waals surface area contributed by atoms with Crippen LogP contribution < -0.4 is 0 Å². The minimum atomic E-state index is -2.15. The van der Waals surface area contributed by atoms with Gasteiger partial charge in [-0.25, -0.2) is 12.0 Å². The van der Waals surface area contributed by atoms with Crippen molar-refractivity contribution in [1.82, 2.24) is 0 Å². The van der Waals surface area contributed by atoms with Gasteiger partial charge in [0, 0.05) is 43.8 Å². The summed E-state index contributed by atoms with van der Waals surface area (Å²) in [7, 11) is 0. The maximum atomic E-state index is 8.84. The molecular weight excluding hydrogens is 751 g/mol. The molecule has 0 spiro atoms. The Labute approximate surface area is 302 Å². The Morgan fingerprint density at radius 1 is 1.22 bits per heavy atom. The van der Waals surface area contributed by atoms with Gasteiger partial charge >= 0.3 is 0 Å². The molecule has 0 saturated carbocycles. The first-order valence-electron chi connectivity index (χ1n) is 19.7. The maximum absolute atomic E-state index is 8.84. The van der Waals surface area contributed by atoms with Gasteiger partial charge in [0.05, 0.1) is 0 Å². The van der Waals surface area contributed by atoms with E-state index < -0.39 is 24.9 Å². The molecule has 0 aromatic heterocycles. The fourth-order valence-electron chi connectivity index (χ4n) is 7.36. The van der Waals surface area contributed by atoms with Crippen LogP contribution in [-0.4, -0.2) is 36.3 Å². The first-order valence-corrected chi connectivity index (χ1v) is 17.7. The molecule has 0 amide bonds. The van der Waals surface area contributed by atoms with Crippen LogP contribution >= 0.6 is 12.6 Å². The summed E-state index contributed by atoms with van der Waals surface area (Å²) >= 11 is 4.67. The smallest absolute Gasteiger partial charge is 0.171 e. The van der Waals surface area contributed by atoms with E-state index in [-0.39, 0.29) is 54.9 Å². The average Bonchev–Trinajstić information content (AvgIpc) is 3.41. The molecule has 0 N–H and O–H groups in total. The summed E-state index contributed by atoms with van der Waals surface area (Å²) in [6, 6.07) is -0.0100. The summed E-state index contributed by atoms with van der Waals surface area (Å²) in [6.07, 6.45) is 16.1. The van der Waals surface area contributed by atoms with Crippen LogP contribution in [0.2, 0.25) is 0 Å². The van der Waals surface area contributed by atoms with Gasteiger partial charge in [0.1, 0.15) is 0 Å². The first kappa shape index (κ1) is 30.1. The number of ether oxygens (including phenoxy) is 1. The van der Waals surface area contributed by atoms with E-state index in [1.807, 2.05) is 27.7 Å². The Bertz CT molecular complexity index is 1360. The Morgan fingerprint density at radius 2 is 2.02 bits per heavy atom. The third kappa shape index (κ3) is 9.36. The molecule has 255 valence electrons. The zero-order valence-electron chi connectivity index (χ0n) is 33.5. The van der Waals surface area contributed by atoms with Gasteiger partial charge in [0.15, 0.2) is 6.23 Å². The minimum absolute atomic E-state index is 0. The van der Waals surface area contributed by atoms with Crippen LogP contribution in [0.25, 0.3) is 10.6 Å². The molecule has 6 rings (SSSR count). The molecule has 1 radical (unpaired) electrons. The Kier molecular flexibility index (Phi) is 10.7. The van der Waals surface area contributed by atoms with Crippen LogP contribution in [0.3, 0.4) is 0 Å². The molecule has 9 atom stereocenters. The van der Waals surface area contributed by atoms with Gasteiger partial charge in [0.25, 0.3) is 0 Å². The number of thiol groups is 1. The van der Waals surface area contributed by atoms with E-state index in [1.165, 1.54) is 24.1 Å². The number of fused-ring (bicyclic) bond motifs is 3. The molecule has 0 aromatic carbocycles. The topological polar surface area (TPSA) is 49.8 Å². The summed E-state index contributed by atoms with van der Waals surface area (Å²) in [5, 5.41) is 9.55. The number of rotatable bonds is 5. The Balaban J connectivity index is 0.000000294. The van der Waals surface area contributed by atoms with E-state index in [4.69, 9.17) is 16.9 Å². The van der Waals surface area contributed by atoms with Crippen molar-refractivity contribution < 1.29 is 31.7 Å². The Hall–Kier alpha value is -0.941. The first-order chi connectivity index (χ1) is 22.9. The second kappa shape index (κ2) is 16.0. The van der Waals surface area contributed by atoms with Crippen molar-refractivity contribution in [2.45, 2.75) is 131 Å². The number of hydrogen-bond acceptors (Lipinski definition) is 3. The average molecular weight is 815 g/mol. The van der Waals surface area contributed by atoms with Crippen molar-refractivity contribution in [3.8, 4) is 0 Å². The third-order valence-corrected chi connectivity index (χ3v) is 10.5. The van der Waals surface area contributed by atoms with Gasteiger partial charge in [-0.1, -0.05) is 91.2 Å². The summed E-state index contributed by atoms with van der Waals surface area (Å²) < 4.78 is 47.2. The largest absolute Gasteiger partial charge is 0.769 e. The fourth-order valence-corrected chi connectivity index (χ4v) is 7.62. The number of allylic oxidation sites excluding steroid dienone is 4. The van der Waals surface area contributed by atoms with Crippen molar-refractivity contribution in [3.05, 3.63) is 63.5 Å². The minimum Gasteiger partial charge on any atom is -0.769 e. The number of hydrogen-bond donors (Lipinski definition) is 1. The zero-order valence-corrected chi connectivity index (χ0v) is 31.8. The van der Waals surface area contributed by atoms with E-state index in [1.54, 1.807) is 0 Å². The quantitative estimate of drug-likeness (QED) is 0.168. The normalized spacial score (nSPS) is 36.5. The monoisotopic (exact) mass is 815 g/mol. The van der Waals surface area contributed by atoms with Crippen LogP contribution in [0.4, 0.5) is 0 Å². The van der Waals surface area contributed by atoms with Crippen molar-refractivity contribution in [3.63, 3.8) is 0 Å². The van der Waals surface area contributed by atoms with E-state index >= 15 is 0 Å².